The number of aromatic nitrogens is 2. The summed E-state index contributed by atoms with van der Waals surface area (Å²) in [6.45, 7) is 2.43. The lowest BCUT2D eigenvalue weighted by Gasteiger charge is -2.04. The summed E-state index contributed by atoms with van der Waals surface area (Å²) in [6, 6.07) is 8.18. The molecule has 3 rings (SSSR count). The molecule has 5 heteroatoms. The highest BCUT2D eigenvalue weighted by atomic mass is 16.3. The molecule has 0 saturated carbocycles. The highest BCUT2D eigenvalue weighted by Crippen LogP contribution is 2.17. The van der Waals surface area contributed by atoms with E-state index in [1.54, 1.807) is 13.2 Å². The van der Waals surface area contributed by atoms with E-state index in [0.717, 1.165) is 17.6 Å². The molecule has 0 spiro atoms. The van der Waals surface area contributed by atoms with Crippen LogP contribution in [0.15, 0.2) is 41.1 Å². The van der Waals surface area contributed by atoms with E-state index < -0.39 is 0 Å². The Hall–Kier alpha value is -2.56. The summed E-state index contributed by atoms with van der Waals surface area (Å²) in [6.07, 6.45) is 5.47. The first kappa shape index (κ1) is 14.4. The second kappa shape index (κ2) is 6.47. The van der Waals surface area contributed by atoms with Crippen molar-refractivity contribution in [1.29, 1.82) is 0 Å². The minimum atomic E-state index is 0.0421. The summed E-state index contributed by atoms with van der Waals surface area (Å²) in [5.41, 5.74) is 3.18. The largest absolute Gasteiger partial charge is 0.449 e. The molecule has 22 heavy (non-hydrogen) atoms. The molecule has 0 fully saturated rings. The molecular weight excluding hydrogens is 278 g/mol. The Morgan fingerprint density at radius 1 is 1.32 bits per heavy atom. The van der Waals surface area contributed by atoms with E-state index in [1.807, 2.05) is 18.3 Å². The Morgan fingerprint density at radius 3 is 3.00 bits per heavy atom. The van der Waals surface area contributed by atoms with Crippen LogP contribution in [-0.4, -0.2) is 22.4 Å². The van der Waals surface area contributed by atoms with Crippen molar-refractivity contribution in [3.63, 3.8) is 0 Å². The number of amides is 1. The number of hydrogen-bond acceptors (Lipinski definition) is 3. The zero-order valence-electron chi connectivity index (χ0n) is 12.6. The number of benzene rings is 1. The fourth-order valence-electron chi connectivity index (χ4n) is 2.53. The number of para-hydroxylation sites is 1. The van der Waals surface area contributed by atoms with Crippen molar-refractivity contribution in [2.45, 2.75) is 26.2 Å². The quantitative estimate of drug-likeness (QED) is 0.735. The Bertz CT molecular complexity index is 773. The van der Waals surface area contributed by atoms with E-state index in [4.69, 9.17) is 4.42 Å². The molecule has 0 bridgehead atoms. The summed E-state index contributed by atoms with van der Waals surface area (Å²) >= 11 is 0. The van der Waals surface area contributed by atoms with Gasteiger partial charge in [0.05, 0.1) is 5.69 Å². The molecule has 0 aliphatic rings. The second-order valence-electron chi connectivity index (χ2n) is 5.32. The van der Waals surface area contributed by atoms with Gasteiger partial charge < -0.3 is 14.7 Å². The lowest BCUT2D eigenvalue weighted by atomic mass is 10.1. The number of H-pyrrole nitrogens is 1. The van der Waals surface area contributed by atoms with Gasteiger partial charge in [-0.05, 0) is 18.1 Å². The zero-order chi connectivity index (χ0) is 15.4. The number of aromatic amines is 1. The molecule has 3 aromatic rings. The molecule has 0 radical (unpaired) electrons. The van der Waals surface area contributed by atoms with Gasteiger partial charge >= 0.3 is 0 Å². The maximum Gasteiger partial charge on any atom is 0.220 e. The SMILES string of the molecule is Cc1nc(CCC(=O)NCCc2c[nH]c3ccccc23)co1. The van der Waals surface area contributed by atoms with Gasteiger partial charge in [0, 0.05) is 43.4 Å². The van der Waals surface area contributed by atoms with Crippen LogP contribution < -0.4 is 5.32 Å². The fraction of sp³-hybridized carbons (Fsp3) is 0.294. The zero-order valence-corrected chi connectivity index (χ0v) is 12.6. The van der Waals surface area contributed by atoms with Crippen LogP contribution in [0.5, 0.6) is 0 Å². The van der Waals surface area contributed by atoms with E-state index in [9.17, 15) is 4.79 Å². The summed E-state index contributed by atoms with van der Waals surface area (Å²) in [5, 5.41) is 4.17. The molecule has 0 saturated heterocycles. The molecule has 0 atom stereocenters. The number of oxazole rings is 1. The molecule has 0 aliphatic heterocycles. The molecule has 2 heterocycles. The standard InChI is InChI=1S/C17H19N3O2/c1-12-20-14(11-22-12)6-7-17(21)18-9-8-13-10-19-16-5-3-2-4-15(13)16/h2-5,10-11,19H,6-9H2,1H3,(H,18,21). The van der Waals surface area contributed by atoms with E-state index in [0.29, 0.717) is 25.3 Å². The average molecular weight is 297 g/mol. The molecule has 1 amide bonds. The van der Waals surface area contributed by atoms with Crippen molar-refractivity contribution in [3.05, 3.63) is 53.9 Å². The lowest BCUT2D eigenvalue weighted by Crippen LogP contribution is -2.25. The van der Waals surface area contributed by atoms with Crippen molar-refractivity contribution in [2.75, 3.05) is 6.54 Å². The normalized spacial score (nSPS) is 11.0. The predicted molar refractivity (Wildman–Crippen MR) is 84.6 cm³/mol. The smallest absolute Gasteiger partial charge is 0.220 e. The number of nitrogens with one attached hydrogen (secondary N) is 2. The van der Waals surface area contributed by atoms with Crippen LogP contribution >= 0.6 is 0 Å². The summed E-state index contributed by atoms with van der Waals surface area (Å²) < 4.78 is 5.12. The first-order valence-electron chi connectivity index (χ1n) is 7.45. The summed E-state index contributed by atoms with van der Waals surface area (Å²) in [4.78, 5) is 19.3. The van der Waals surface area contributed by atoms with Gasteiger partial charge in [0.2, 0.25) is 5.91 Å². The van der Waals surface area contributed by atoms with Gasteiger partial charge in [-0.15, -0.1) is 0 Å². The molecule has 1 aromatic carbocycles. The van der Waals surface area contributed by atoms with Crippen LogP contribution in [0.1, 0.15) is 23.6 Å². The van der Waals surface area contributed by atoms with Crippen molar-refractivity contribution < 1.29 is 9.21 Å². The van der Waals surface area contributed by atoms with Crippen LogP contribution in [0.2, 0.25) is 0 Å². The van der Waals surface area contributed by atoms with Gasteiger partial charge in [0.15, 0.2) is 5.89 Å². The van der Waals surface area contributed by atoms with Gasteiger partial charge in [-0.3, -0.25) is 4.79 Å². The topological polar surface area (TPSA) is 70.9 Å². The number of carbonyl (C=O) groups is 1. The number of rotatable bonds is 6. The minimum Gasteiger partial charge on any atom is -0.449 e. The summed E-state index contributed by atoms with van der Waals surface area (Å²) in [5.74, 6) is 0.676. The van der Waals surface area contributed by atoms with E-state index >= 15 is 0 Å². The lowest BCUT2D eigenvalue weighted by molar-refractivity contribution is -0.121. The van der Waals surface area contributed by atoms with E-state index in [1.165, 1.54) is 10.9 Å². The first-order chi connectivity index (χ1) is 10.7. The third-order valence-electron chi connectivity index (χ3n) is 3.67. The highest BCUT2D eigenvalue weighted by Gasteiger charge is 2.06. The minimum absolute atomic E-state index is 0.0421. The number of hydrogen-bond donors (Lipinski definition) is 2. The van der Waals surface area contributed by atoms with Crippen LogP contribution in [-0.2, 0) is 17.6 Å². The van der Waals surface area contributed by atoms with Crippen molar-refractivity contribution >= 4 is 16.8 Å². The Labute approximate surface area is 128 Å². The van der Waals surface area contributed by atoms with Crippen LogP contribution in [0.4, 0.5) is 0 Å². The maximum absolute atomic E-state index is 11.8. The van der Waals surface area contributed by atoms with Gasteiger partial charge in [-0.1, -0.05) is 18.2 Å². The van der Waals surface area contributed by atoms with Crippen LogP contribution in [0, 0.1) is 6.92 Å². The van der Waals surface area contributed by atoms with Gasteiger partial charge in [0.1, 0.15) is 6.26 Å². The van der Waals surface area contributed by atoms with E-state index in [-0.39, 0.29) is 5.91 Å². The van der Waals surface area contributed by atoms with Crippen molar-refractivity contribution in [2.24, 2.45) is 0 Å². The van der Waals surface area contributed by atoms with Gasteiger partial charge in [-0.25, -0.2) is 4.98 Å². The van der Waals surface area contributed by atoms with Gasteiger partial charge in [0.25, 0.3) is 0 Å². The number of carbonyl (C=O) groups excluding carboxylic acids is 1. The van der Waals surface area contributed by atoms with Crippen LogP contribution in [0.3, 0.4) is 0 Å². The van der Waals surface area contributed by atoms with Crippen molar-refractivity contribution in [1.82, 2.24) is 15.3 Å². The Balaban J connectivity index is 1.45. The Kier molecular flexibility index (Phi) is 4.23. The highest BCUT2D eigenvalue weighted by molar-refractivity contribution is 5.83. The van der Waals surface area contributed by atoms with E-state index in [2.05, 4.69) is 27.4 Å². The number of nitrogens with zero attached hydrogens (tertiary/aromatic N) is 1. The Morgan fingerprint density at radius 2 is 2.18 bits per heavy atom. The molecule has 2 N–H and O–H groups in total. The maximum atomic E-state index is 11.8. The molecule has 114 valence electrons. The predicted octanol–water partition coefficient (Wildman–Crippen LogP) is 2.76. The number of fused-ring (bicyclic) bond motifs is 1. The molecular formula is C17H19N3O2. The third kappa shape index (κ3) is 3.36. The molecule has 5 nitrogen and oxygen atoms in total. The average Bonchev–Trinajstić information content (AvgIpc) is 3.12. The van der Waals surface area contributed by atoms with Crippen molar-refractivity contribution in [3.8, 4) is 0 Å². The second-order valence-corrected chi connectivity index (χ2v) is 5.32. The monoisotopic (exact) mass is 297 g/mol. The number of aryl methyl sites for hydroxylation is 2. The third-order valence-corrected chi connectivity index (χ3v) is 3.67. The molecule has 0 unspecified atom stereocenters. The first-order valence-corrected chi connectivity index (χ1v) is 7.45. The van der Waals surface area contributed by atoms with Crippen LogP contribution in [0.25, 0.3) is 10.9 Å². The summed E-state index contributed by atoms with van der Waals surface area (Å²) in [7, 11) is 0. The molecule has 0 aliphatic carbocycles. The molecule has 2 aromatic heterocycles. The van der Waals surface area contributed by atoms with Gasteiger partial charge in [-0.2, -0.15) is 0 Å². The fourth-order valence-corrected chi connectivity index (χ4v) is 2.53.